The number of carboxylic acid groups (broad SMARTS) is 2. The minimum absolute atomic E-state index is 0.0808. The van der Waals surface area contributed by atoms with E-state index in [0.29, 0.717) is 10.8 Å². The Morgan fingerprint density at radius 3 is 2.36 bits per heavy atom. The fourth-order valence-corrected chi connectivity index (χ4v) is 3.16. The number of hydrogen-bond donors (Lipinski definition) is 5. The number of aliphatic carboxylic acids is 2. The maximum Gasteiger partial charge on any atom is 0.322 e. The molecule has 0 fully saturated rings. The summed E-state index contributed by atoms with van der Waals surface area (Å²) < 4.78 is 0. The van der Waals surface area contributed by atoms with Crippen LogP contribution in [-0.4, -0.2) is 58.3 Å². The highest BCUT2D eigenvalue weighted by Gasteiger charge is 2.22. The van der Waals surface area contributed by atoms with Gasteiger partial charge < -0.3 is 26.6 Å². The van der Waals surface area contributed by atoms with Gasteiger partial charge in [-0.2, -0.15) is 11.8 Å². The molecular weight excluding hydrogens is 410 g/mol. The third-order valence-electron chi connectivity index (χ3n) is 3.53. The van der Waals surface area contributed by atoms with Gasteiger partial charge in [-0.05, 0) is 24.1 Å². The molecule has 0 saturated carbocycles. The van der Waals surface area contributed by atoms with Gasteiger partial charge in [0.2, 0.25) is 11.8 Å². The van der Waals surface area contributed by atoms with E-state index in [0.717, 1.165) is 5.56 Å². The summed E-state index contributed by atoms with van der Waals surface area (Å²) in [7, 11) is 0. The second-order valence-corrected chi connectivity index (χ2v) is 7.32. The molecule has 0 spiro atoms. The van der Waals surface area contributed by atoms with Crippen molar-refractivity contribution in [2.45, 2.75) is 30.7 Å². The van der Waals surface area contributed by atoms with Crippen LogP contribution < -0.4 is 16.4 Å². The van der Waals surface area contributed by atoms with Gasteiger partial charge in [0.25, 0.3) is 0 Å². The van der Waals surface area contributed by atoms with Crippen molar-refractivity contribution in [3.63, 3.8) is 0 Å². The van der Waals surface area contributed by atoms with E-state index in [9.17, 15) is 19.2 Å². The number of carbonyl (C=O) groups excluding carboxylic acids is 2. The lowest BCUT2D eigenvalue weighted by atomic mass is 10.1. The maximum atomic E-state index is 12.2. The number of nitrogens with two attached hydrogens (primary N) is 1. The molecular formula is C17H22ClN3O6S. The molecule has 2 atom stereocenters. The third-order valence-corrected chi connectivity index (χ3v) is 4.89. The predicted octanol–water partition coefficient (Wildman–Crippen LogP) is 0.451. The van der Waals surface area contributed by atoms with E-state index in [1.165, 1.54) is 11.8 Å². The van der Waals surface area contributed by atoms with Crippen LogP contribution in [0.1, 0.15) is 18.4 Å². The standard InChI is InChI=1S/C17H22ClN3O6S/c18-11-3-1-10(2-4-11)8-28-9-13(16(25)20-7-15(23)24)21-14(22)6-5-12(19)17(26)27/h1-4,12-13H,5-9,19H2,(H,20,25)(H,21,22)(H,23,24)(H,26,27)/t12-,13?/m0/s1. The van der Waals surface area contributed by atoms with Crippen molar-refractivity contribution in [1.82, 2.24) is 10.6 Å². The third kappa shape index (κ3) is 9.58. The van der Waals surface area contributed by atoms with Crippen LogP contribution in [0.15, 0.2) is 24.3 Å². The molecule has 0 aliphatic heterocycles. The van der Waals surface area contributed by atoms with Gasteiger partial charge in [0.1, 0.15) is 18.6 Å². The Hall–Kier alpha value is -2.30. The summed E-state index contributed by atoms with van der Waals surface area (Å²) in [4.78, 5) is 45.5. The summed E-state index contributed by atoms with van der Waals surface area (Å²) in [6, 6.07) is 5.00. The number of benzene rings is 1. The molecule has 1 aromatic rings. The zero-order chi connectivity index (χ0) is 21.1. The van der Waals surface area contributed by atoms with Crippen LogP contribution >= 0.6 is 23.4 Å². The highest BCUT2D eigenvalue weighted by atomic mass is 35.5. The lowest BCUT2D eigenvalue weighted by molar-refractivity contribution is -0.139. The van der Waals surface area contributed by atoms with Crippen LogP contribution in [0.4, 0.5) is 0 Å². The minimum Gasteiger partial charge on any atom is -0.480 e. The molecule has 1 unspecified atom stereocenters. The minimum atomic E-state index is -1.22. The Morgan fingerprint density at radius 2 is 1.79 bits per heavy atom. The highest BCUT2D eigenvalue weighted by molar-refractivity contribution is 7.98. The fraction of sp³-hybridized carbons (Fsp3) is 0.412. The molecule has 0 bridgehead atoms. The summed E-state index contributed by atoms with van der Waals surface area (Å²) in [5.74, 6) is -2.85. The van der Waals surface area contributed by atoms with Crippen LogP contribution in [0.25, 0.3) is 0 Å². The zero-order valence-corrected chi connectivity index (χ0v) is 16.5. The van der Waals surface area contributed by atoms with E-state index in [2.05, 4.69) is 10.6 Å². The molecule has 0 aliphatic carbocycles. The van der Waals surface area contributed by atoms with Crippen molar-refractivity contribution in [3.8, 4) is 0 Å². The molecule has 0 aliphatic rings. The van der Waals surface area contributed by atoms with Crippen molar-refractivity contribution in [1.29, 1.82) is 0 Å². The summed E-state index contributed by atoms with van der Waals surface area (Å²) in [6.45, 7) is -0.572. The average molecular weight is 432 g/mol. The van der Waals surface area contributed by atoms with Crippen molar-refractivity contribution in [2.24, 2.45) is 5.73 Å². The molecule has 1 aromatic carbocycles. The lowest BCUT2D eigenvalue weighted by Crippen LogP contribution is -2.49. The van der Waals surface area contributed by atoms with Crippen molar-refractivity contribution in [2.75, 3.05) is 12.3 Å². The number of rotatable bonds is 12. The first-order valence-electron chi connectivity index (χ1n) is 8.28. The quantitative estimate of drug-likeness (QED) is 0.319. The van der Waals surface area contributed by atoms with Crippen LogP contribution in [0.3, 0.4) is 0 Å². The van der Waals surface area contributed by atoms with Crippen molar-refractivity contribution < 1.29 is 29.4 Å². The monoisotopic (exact) mass is 431 g/mol. The molecule has 2 amide bonds. The number of carbonyl (C=O) groups is 4. The largest absolute Gasteiger partial charge is 0.480 e. The molecule has 0 saturated heterocycles. The van der Waals surface area contributed by atoms with Gasteiger partial charge in [0, 0.05) is 22.9 Å². The van der Waals surface area contributed by atoms with Gasteiger partial charge in [-0.3, -0.25) is 19.2 Å². The molecule has 0 heterocycles. The van der Waals surface area contributed by atoms with Crippen molar-refractivity contribution >= 4 is 47.1 Å². The second-order valence-electron chi connectivity index (χ2n) is 5.86. The number of hydrogen-bond acceptors (Lipinski definition) is 6. The average Bonchev–Trinajstić information content (AvgIpc) is 2.64. The Morgan fingerprint density at radius 1 is 1.14 bits per heavy atom. The Labute approximate surface area is 171 Å². The maximum absolute atomic E-state index is 12.2. The van der Waals surface area contributed by atoms with Gasteiger partial charge in [0.15, 0.2) is 0 Å². The van der Waals surface area contributed by atoms with Gasteiger partial charge in [-0.1, -0.05) is 23.7 Å². The normalized spacial score (nSPS) is 12.6. The first kappa shape index (κ1) is 23.7. The van der Waals surface area contributed by atoms with Crippen LogP contribution in [0.2, 0.25) is 5.02 Å². The highest BCUT2D eigenvalue weighted by Crippen LogP contribution is 2.16. The Balaban J connectivity index is 2.60. The molecule has 1 rings (SSSR count). The van der Waals surface area contributed by atoms with E-state index in [1.807, 2.05) is 12.1 Å². The molecule has 9 nitrogen and oxygen atoms in total. The van der Waals surface area contributed by atoms with Crippen LogP contribution in [-0.2, 0) is 24.9 Å². The molecule has 0 aromatic heterocycles. The van der Waals surface area contributed by atoms with E-state index < -0.39 is 42.4 Å². The first-order valence-corrected chi connectivity index (χ1v) is 9.81. The SMILES string of the molecule is N[C@@H](CCC(=O)NC(CSCc1ccc(Cl)cc1)C(=O)NCC(=O)O)C(=O)O. The predicted molar refractivity (Wildman–Crippen MR) is 105 cm³/mol. The van der Waals surface area contributed by atoms with Gasteiger partial charge >= 0.3 is 11.9 Å². The smallest absolute Gasteiger partial charge is 0.322 e. The molecule has 28 heavy (non-hydrogen) atoms. The molecule has 0 radical (unpaired) electrons. The molecule has 11 heteroatoms. The summed E-state index contributed by atoms with van der Waals surface area (Å²) in [5.41, 5.74) is 6.32. The van der Waals surface area contributed by atoms with Gasteiger partial charge in [-0.25, -0.2) is 0 Å². The fourth-order valence-electron chi connectivity index (χ4n) is 2.02. The summed E-state index contributed by atoms with van der Waals surface area (Å²) in [6.07, 6.45) is -0.249. The second kappa shape index (κ2) is 12.2. The van der Waals surface area contributed by atoms with Crippen molar-refractivity contribution in [3.05, 3.63) is 34.9 Å². The first-order chi connectivity index (χ1) is 13.2. The van der Waals surface area contributed by atoms with Gasteiger partial charge in [-0.15, -0.1) is 0 Å². The number of nitrogens with one attached hydrogen (secondary N) is 2. The topological polar surface area (TPSA) is 159 Å². The Kier molecular flexibility index (Phi) is 10.4. The van der Waals surface area contributed by atoms with Crippen LogP contribution in [0, 0.1) is 0 Å². The van der Waals surface area contributed by atoms with E-state index in [-0.39, 0.29) is 18.6 Å². The number of carboxylic acids is 2. The van der Waals surface area contributed by atoms with Crippen LogP contribution in [0.5, 0.6) is 0 Å². The van der Waals surface area contributed by atoms with E-state index in [1.54, 1.807) is 12.1 Å². The van der Waals surface area contributed by atoms with E-state index in [4.69, 9.17) is 27.5 Å². The van der Waals surface area contributed by atoms with E-state index >= 15 is 0 Å². The lowest BCUT2D eigenvalue weighted by Gasteiger charge is -2.18. The molecule has 6 N–H and O–H groups in total. The van der Waals surface area contributed by atoms with Gasteiger partial charge in [0.05, 0.1) is 0 Å². The molecule has 154 valence electrons. The summed E-state index contributed by atoms with van der Waals surface area (Å²) in [5, 5.41) is 22.7. The number of thioether (sulfide) groups is 1. The number of amides is 2. The number of halogens is 1. The zero-order valence-electron chi connectivity index (χ0n) is 14.9. The Bertz CT molecular complexity index is 701. The summed E-state index contributed by atoms with van der Waals surface area (Å²) >= 11 is 7.20.